The topological polar surface area (TPSA) is 41.1 Å². The minimum absolute atomic E-state index is 0.126. The molecule has 1 amide bonds. The second-order valence-electron chi connectivity index (χ2n) is 2.92. The summed E-state index contributed by atoms with van der Waals surface area (Å²) in [6, 6.07) is 0. The number of rotatable bonds is 3. The van der Waals surface area contributed by atoms with E-state index in [1.165, 1.54) is 0 Å². The molecule has 1 aliphatic heterocycles. The Morgan fingerprint density at radius 3 is 3.00 bits per heavy atom. The van der Waals surface area contributed by atoms with Crippen LogP contribution < -0.4 is 10.6 Å². The molecule has 0 aliphatic carbocycles. The molecule has 0 aromatic rings. The zero-order valence-electron chi connectivity index (χ0n) is 6.90. The molecule has 1 fully saturated rings. The van der Waals surface area contributed by atoms with Gasteiger partial charge in [-0.1, -0.05) is 22.5 Å². The molecule has 0 radical (unpaired) electrons. The van der Waals surface area contributed by atoms with Crippen molar-refractivity contribution in [2.45, 2.75) is 6.42 Å². The van der Waals surface area contributed by atoms with Crippen LogP contribution >= 0.6 is 15.9 Å². The fraction of sp³-hybridized carbons (Fsp3) is 0.625. The van der Waals surface area contributed by atoms with E-state index in [4.69, 9.17) is 0 Å². The quantitative estimate of drug-likeness (QED) is 0.750. The maximum absolute atomic E-state index is 11.3. The number of carbonyl (C=O) groups is 1. The summed E-state index contributed by atoms with van der Waals surface area (Å²) in [5, 5.41) is 5.94. The van der Waals surface area contributed by atoms with Crippen LogP contribution in [0.5, 0.6) is 0 Å². The molecule has 1 saturated heterocycles. The summed E-state index contributed by atoms with van der Waals surface area (Å²) in [5.41, 5.74) is 0. The fourth-order valence-electron chi connectivity index (χ4n) is 1.21. The molecule has 2 N–H and O–H groups in total. The third-order valence-electron chi connectivity index (χ3n) is 1.89. The Bertz CT molecular complexity index is 187. The van der Waals surface area contributed by atoms with Crippen LogP contribution in [0.2, 0.25) is 0 Å². The number of nitrogens with one attached hydrogen (secondary N) is 2. The van der Waals surface area contributed by atoms with Gasteiger partial charge in [0.05, 0.1) is 5.92 Å². The highest BCUT2D eigenvalue weighted by atomic mass is 79.9. The zero-order valence-corrected chi connectivity index (χ0v) is 8.49. The van der Waals surface area contributed by atoms with Gasteiger partial charge in [-0.05, 0) is 13.0 Å². The van der Waals surface area contributed by atoms with Crippen LogP contribution in [0.15, 0.2) is 11.1 Å². The van der Waals surface area contributed by atoms with E-state index in [0.717, 1.165) is 24.0 Å². The summed E-state index contributed by atoms with van der Waals surface area (Å²) in [6.45, 7) is 5.92. The second-order valence-corrected chi connectivity index (χ2v) is 4.05. The number of halogens is 1. The highest BCUT2D eigenvalue weighted by Gasteiger charge is 2.21. The first-order valence-electron chi connectivity index (χ1n) is 4.02. The minimum Gasteiger partial charge on any atom is -0.351 e. The van der Waals surface area contributed by atoms with Crippen LogP contribution in [0.25, 0.3) is 0 Å². The first kappa shape index (κ1) is 9.74. The van der Waals surface area contributed by atoms with Crippen molar-refractivity contribution in [1.82, 2.24) is 10.6 Å². The van der Waals surface area contributed by atoms with E-state index in [9.17, 15) is 4.79 Å². The molecule has 68 valence electrons. The van der Waals surface area contributed by atoms with Crippen molar-refractivity contribution in [2.24, 2.45) is 5.92 Å². The molecule has 0 spiro atoms. The lowest BCUT2D eigenvalue weighted by Crippen LogP contribution is -2.32. The number of amides is 1. The van der Waals surface area contributed by atoms with Gasteiger partial charge >= 0.3 is 0 Å². The molecule has 0 bridgehead atoms. The number of hydrogen-bond acceptors (Lipinski definition) is 2. The molecule has 1 aliphatic rings. The average Bonchev–Trinajstić information content (AvgIpc) is 2.51. The van der Waals surface area contributed by atoms with Crippen molar-refractivity contribution in [2.75, 3.05) is 19.6 Å². The molecule has 0 aromatic heterocycles. The highest BCUT2D eigenvalue weighted by Crippen LogP contribution is 2.07. The third-order valence-corrected chi connectivity index (χ3v) is 2.17. The predicted octanol–water partition coefficient (Wildman–Crippen LogP) is 0.621. The second kappa shape index (κ2) is 4.62. The maximum atomic E-state index is 11.3. The largest absolute Gasteiger partial charge is 0.351 e. The van der Waals surface area contributed by atoms with E-state index in [1.807, 2.05) is 0 Å². The first-order valence-corrected chi connectivity index (χ1v) is 4.81. The average molecular weight is 233 g/mol. The molecule has 1 atom stereocenters. The number of carbonyl (C=O) groups excluding carboxylic acids is 1. The van der Waals surface area contributed by atoms with Crippen molar-refractivity contribution in [3.05, 3.63) is 11.1 Å². The summed E-state index contributed by atoms with van der Waals surface area (Å²) in [4.78, 5) is 11.3. The minimum atomic E-state index is 0.126. The van der Waals surface area contributed by atoms with Gasteiger partial charge in [0.1, 0.15) is 0 Å². The molecular formula is C8H13BrN2O. The van der Waals surface area contributed by atoms with Crippen LogP contribution in [0.4, 0.5) is 0 Å². The van der Waals surface area contributed by atoms with E-state index in [0.29, 0.717) is 6.54 Å². The van der Waals surface area contributed by atoms with E-state index in [2.05, 4.69) is 33.1 Å². The van der Waals surface area contributed by atoms with E-state index >= 15 is 0 Å². The van der Waals surface area contributed by atoms with Crippen LogP contribution in [0.3, 0.4) is 0 Å². The molecular weight excluding hydrogens is 220 g/mol. The Kier molecular flexibility index (Phi) is 3.75. The van der Waals surface area contributed by atoms with Gasteiger partial charge in [-0.25, -0.2) is 0 Å². The van der Waals surface area contributed by atoms with Gasteiger partial charge in [-0.3, -0.25) is 4.79 Å². The summed E-state index contributed by atoms with van der Waals surface area (Å²) in [7, 11) is 0. The maximum Gasteiger partial charge on any atom is 0.224 e. The van der Waals surface area contributed by atoms with Crippen molar-refractivity contribution in [3.63, 3.8) is 0 Å². The Labute approximate surface area is 80.7 Å². The highest BCUT2D eigenvalue weighted by molar-refractivity contribution is 9.11. The van der Waals surface area contributed by atoms with Gasteiger partial charge in [0.25, 0.3) is 0 Å². The molecule has 3 nitrogen and oxygen atoms in total. The monoisotopic (exact) mass is 232 g/mol. The van der Waals surface area contributed by atoms with Crippen LogP contribution in [0, 0.1) is 5.92 Å². The Morgan fingerprint density at radius 2 is 2.50 bits per heavy atom. The molecule has 12 heavy (non-hydrogen) atoms. The lowest BCUT2D eigenvalue weighted by Gasteiger charge is -2.08. The Balaban J connectivity index is 2.23. The Morgan fingerprint density at radius 1 is 1.75 bits per heavy atom. The van der Waals surface area contributed by atoms with E-state index in [-0.39, 0.29) is 11.8 Å². The van der Waals surface area contributed by atoms with Gasteiger partial charge in [0.2, 0.25) is 5.91 Å². The third kappa shape index (κ3) is 2.95. The van der Waals surface area contributed by atoms with Gasteiger partial charge in [-0.15, -0.1) is 0 Å². The predicted molar refractivity (Wildman–Crippen MR) is 52.1 cm³/mol. The molecule has 0 saturated carbocycles. The van der Waals surface area contributed by atoms with Crippen molar-refractivity contribution in [3.8, 4) is 0 Å². The lowest BCUT2D eigenvalue weighted by molar-refractivity contribution is -0.124. The van der Waals surface area contributed by atoms with Gasteiger partial charge < -0.3 is 10.6 Å². The molecule has 0 unspecified atom stereocenters. The molecule has 4 heteroatoms. The zero-order chi connectivity index (χ0) is 8.97. The molecule has 1 rings (SSSR count). The summed E-state index contributed by atoms with van der Waals surface area (Å²) < 4.78 is 0.807. The smallest absolute Gasteiger partial charge is 0.224 e. The fourth-order valence-corrected chi connectivity index (χ4v) is 1.35. The standard InChI is InChI=1S/C8H13BrN2O/c1-6(9)4-11-8(12)7-2-3-10-5-7/h7,10H,1-5H2,(H,11,12)/t7-/m0/s1. The van der Waals surface area contributed by atoms with Crippen molar-refractivity contribution in [1.29, 1.82) is 0 Å². The van der Waals surface area contributed by atoms with Gasteiger partial charge in [-0.2, -0.15) is 0 Å². The summed E-state index contributed by atoms with van der Waals surface area (Å²) >= 11 is 3.19. The van der Waals surface area contributed by atoms with Crippen molar-refractivity contribution >= 4 is 21.8 Å². The van der Waals surface area contributed by atoms with E-state index < -0.39 is 0 Å². The molecule has 0 aromatic carbocycles. The molecule has 1 heterocycles. The first-order chi connectivity index (χ1) is 5.70. The Hall–Kier alpha value is -0.350. The number of hydrogen-bond donors (Lipinski definition) is 2. The lowest BCUT2D eigenvalue weighted by atomic mass is 10.1. The van der Waals surface area contributed by atoms with Crippen molar-refractivity contribution < 1.29 is 4.79 Å². The SMILES string of the molecule is C=C(Br)CNC(=O)[C@H]1CCNC1. The normalized spacial score (nSPS) is 22.2. The van der Waals surface area contributed by atoms with Gasteiger partial charge in [0, 0.05) is 17.6 Å². The summed E-state index contributed by atoms with van der Waals surface area (Å²) in [5.74, 6) is 0.275. The van der Waals surface area contributed by atoms with Gasteiger partial charge in [0.15, 0.2) is 0 Å². The van der Waals surface area contributed by atoms with Crippen LogP contribution in [0.1, 0.15) is 6.42 Å². The van der Waals surface area contributed by atoms with E-state index in [1.54, 1.807) is 0 Å². The van der Waals surface area contributed by atoms with Crippen LogP contribution in [-0.2, 0) is 4.79 Å². The van der Waals surface area contributed by atoms with Crippen LogP contribution in [-0.4, -0.2) is 25.5 Å². The summed E-state index contributed by atoms with van der Waals surface area (Å²) in [6.07, 6.45) is 0.945.